The lowest BCUT2D eigenvalue weighted by Crippen LogP contribution is -2.51. The van der Waals surface area contributed by atoms with E-state index >= 15 is 0 Å². The van der Waals surface area contributed by atoms with Crippen LogP contribution in [0.1, 0.15) is 19.3 Å². The number of likely N-dealkylation sites (N-methyl/N-ethyl adjacent to an activating group) is 1. The summed E-state index contributed by atoms with van der Waals surface area (Å²) in [5.41, 5.74) is 1.02. The molecule has 130 valence electrons. The fourth-order valence-corrected chi connectivity index (χ4v) is 3.04. The first-order valence-electron chi connectivity index (χ1n) is 8.19. The van der Waals surface area contributed by atoms with Crippen LogP contribution in [0.3, 0.4) is 0 Å². The third kappa shape index (κ3) is 5.14. The van der Waals surface area contributed by atoms with Crippen LogP contribution in [0.5, 0.6) is 0 Å². The highest BCUT2D eigenvalue weighted by Gasteiger charge is 2.30. The molecule has 1 aromatic rings. The normalized spacial score (nSPS) is 28.4. The summed E-state index contributed by atoms with van der Waals surface area (Å²) < 4.78 is 12.8. The molecule has 2 aliphatic rings. The molecule has 2 heterocycles. The van der Waals surface area contributed by atoms with Crippen molar-refractivity contribution in [3.8, 4) is 0 Å². The van der Waals surface area contributed by atoms with Crippen molar-refractivity contribution in [1.82, 2.24) is 4.90 Å². The van der Waals surface area contributed by atoms with Crippen LogP contribution in [0.4, 0.5) is 10.1 Å². The van der Waals surface area contributed by atoms with Gasteiger partial charge in [0.1, 0.15) is 5.82 Å². The molecular formula is C17H27FN2O3. The maximum atomic E-state index is 12.8. The predicted octanol–water partition coefficient (Wildman–Crippen LogP) is 0.830. The molecule has 0 saturated carbocycles. The molecule has 6 heteroatoms. The Hall–Kier alpha value is -1.21. The molecule has 0 bridgehead atoms. The monoisotopic (exact) mass is 326 g/mol. The van der Waals surface area contributed by atoms with Crippen molar-refractivity contribution >= 4 is 5.69 Å². The number of hydrogen-bond donors (Lipinski definition) is 3. The number of nitrogens with zero attached hydrogens (tertiary/aromatic N) is 2. The molecule has 3 N–H and O–H groups in total. The van der Waals surface area contributed by atoms with Gasteiger partial charge in [0.2, 0.25) is 0 Å². The van der Waals surface area contributed by atoms with E-state index < -0.39 is 12.2 Å². The van der Waals surface area contributed by atoms with E-state index in [4.69, 9.17) is 5.11 Å². The summed E-state index contributed by atoms with van der Waals surface area (Å²) in [6, 6.07) is 6.82. The van der Waals surface area contributed by atoms with E-state index in [1.165, 1.54) is 18.9 Å². The number of hydrogen-bond acceptors (Lipinski definition) is 5. The number of rotatable bonds is 2. The minimum atomic E-state index is -0.677. The maximum absolute atomic E-state index is 12.8. The van der Waals surface area contributed by atoms with Crippen molar-refractivity contribution in [1.29, 1.82) is 0 Å². The second-order valence-electron chi connectivity index (χ2n) is 6.32. The van der Waals surface area contributed by atoms with Crippen molar-refractivity contribution in [2.75, 3.05) is 38.2 Å². The largest absolute Gasteiger partial charge is 0.395 e. The van der Waals surface area contributed by atoms with Crippen molar-refractivity contribution < 1.29 is 19.7 Å². The number of anilines is 1. The Kier molecular flexibility index (Phi) is 6.77. The summed E-state index contributed by atoms with van der Waals surface area (Å²) in [7, 11) is 1.83. The molecule has 1 unspecified atom stereocenters. The summed E-state index contributed by atoms with van der Waals surface area (Å²) >= 11 is 0. The van der Waals surface area contributed by atoms with Gasteiger partial charge in [0.25, 0.3) is 0 Å². The van der Waals surface area contributed by atoms with Crippen molar-refractivity contribution in [2.24, 2.45) is 0 Å². The molecule has 5 nitrogen and oxygen atoms in total. The first-order chi connectivity index (χ1) is 11.0. The molecule has 0 radical (unpaired) electrons. The van der Waals surface area contributed by atoms with Gasteiger partial charge in [-0.2, -0.15) is 0 Å². The van der Waals surface area contributed by atoms with Crippen LogP contribution in [0.25, 0.3) is 0 Å². The van der Waals surface area contributed by atoms with E-state index in [9.17, 15) is 14.6 Å². The Morgan fingerprint density at radius 1 is 1.17 bits per heavy atom. The summed E-state index contributed by atoms with van der Waals surface area (Å²) in [4.78, 5) is 4.08. The first kappa shape index (κ1) is 18.1. The van der Waals surface area contributed by atoms with E-state index in [-0.39, 0.29) is 18.5 Å². The molecule has 0 aliphatic carbocycles. The molecule has 2 fully saturated rings. The zero-order chi connectivity index (χ0) is 16.8. The van der Waals surface area contributed by atoms with E-state index in [1.54, 1.807) is 12.1 Å². The van der Waals surface area contributed by atoms with Gasteiger partial charge in [-0.15, -0.1) is 0 Å². The van der Waals surface area contributed by atoms with E-state index in [0.717, 1.165) is 18.8 Å². The van der Waals surface area contributed by atoms with Crippen molar-refractivity contribution in [2.45, 2.75) is 37.5 Å². The lowest BCUT2D eigenvalue weighted by molar-refractivity contribution is -0.0626. The summed E-state index contributed by atoms with van der Waals surface area (Å²) in [5.74, 6) is -0.139. The van der Waals surface area contributed by atoms with Gasteiger partial charge < -0.3 is 20.2 Å². The van der Waals surface area contributed by atoms with Gasteiger partial charge in [-0.05, 0) is 44.5 Å². The molecule has 0 aromatic heterocycles. The van der Waals surface area contributed by atoms with Crippen LogP contribution in [0, 0.1) is 5.82 Å². The third-order valence-corrected chi connectivity index (χ3v) is 4.55. The zero-order valence-corrected chi connectivity index (χ0v) is 13.6. The fourth-order valence-electron chi connectivity index (χ4n) is 3.04. The number of halogens is 1. The number of likely N-dealkylation sites (tertiary alicyclic amines) is 1. The summed E-state index contributed by atoms with van der Waals surface area (Å²) in [6.45, 7) is 2.62. The van der Waals surface area contributed by atoms with Crippen molar-refractivity contribution in [3.05, 3.63) is 30.1 Å². The van der Waals surface area contributed by atoms with Crippen LogP contribution in [0.15, 0.2) is 24.3 Å². The summed E-state index contributed by atoms with van der Waals surface area (Å²) in [5, 5.41) is 27.2. The highest BCUT2D eigenvalue weighted by Crippen LogP contribution is 2.20. The quantitative estimate of drug-likeness (QED) is 0.751. The highest BCUT2D eigenvalue weighted by atomic mass is 19.1. The Labute approximate surface area is 137 Å². The van der Waals surface area contributed by atoms with Crippen LogP contribution >= 0.6 is 0 Å². The topological polar surface area (TPSA) is 67.2 Å². The molecule has 2 aliphatic heterocycles. The lowest BCUT2D eigenvalue weighted by atomic mass is 9.98. The maximum Gasteiger partial charge on any atom is 0.125 e. The second kappa shape index (κ2) is 8.59. The predicted molar refractivity (Wildman–Crippen MR) is 88.0 cm³/mol. The van der Waals surface area contributed by atoms with Gasteiger partial charge in [-0.3, -0.25) is 4.90 Å². The van der Waals surface area contributed by atoms with Crippen molar-refractivity contribution in [3.63, 3.8) is 0 Å². The Balaban J connectivity index is 0.000000168. The molecule has 3 atom stereocenters. The molecule has 0 spiro atoms. The minimum absolute atomic E-state index is 0.00611. The Morgan fingerprint density at radius 2 is 1.87 bits per heavy atom. The van der Waals surface area contributed by atoms with Crippen LogP contribution in [-0.2, 0) is 0 Å². The van der Waals surface area contributed by atoms with E-state index in [1.807, 2.05) is 18.0 Å². The second-order valence-corrected chi connectivity index (χ2v) is 6.32. The molecule has 3 rings (SSSR count). The lowest BCUT2D eigenvalue weighted by Gasteiger charge is -2.37. The van der Waals surface area contributed by atoms with Gasteiger partial charge in [0, 0.05) is 31.4 Å². The SMILES string of the molecule is CN1C[C@H](O)C(O)C[C@@H]1CO.Fc1cccc(N2CCCC2)c1. The number of piperidine rings is 1. The Morgan fingerprint density at radius 3 is 2.48 bits per heavy atom. The highest BCUT2D eigenvalue weighted by molar-refractivity contribution is 5.46. The van der Waals surface area contributed by atoms with E-state index in [2.05, 4.69) is 4.90 Å². The molecule has 1 aromatic carbocycles. The molecule has 23 heavy (non-hydrogen) atoms. The van der Waals surface area contributed by atoms with Crippen LogP contribution in [0.2, 0.25) is 0 Å². The van der Waals surface area contributed by atoms with Gasteiger partial charge in [0.15, 0.2) is 0 Å². The summed E-state index contributed by atoms with van der Waals surface area (Å²) in [6.07, 6.45) is 1.58. The van der Waals surface area contributed by atoms with Gasteiger partial charge in [0.05, 0.1) is 18.8 Å². The number of aliphatic hydroxyl groups excluding tert-OH is 3. The standard InChI is InChI=1S/C10H12FN.C7H15NO3/c11-9-4-3-5-10(8-9)12-6-1-2-7-12;1-8-3-7(11)6(10)2-5(8)4-9/h3-5,8H,1-2,6-7H2;5-7,9-11H,2-4H2,1H3/t;5-,6?,7+/m.1/s1. The average molecular weight is 326 g/mol. The molecule has 2 saturated heterocycles. The molecule has 0 amide bonds. The zero-order valence-electron chi connectivity index (χ0n) is 13.6. The third-order valence-electron chi connectivity index (χ3n) is 4.55. The fraction of sp³-hybridized carbons (Fsp3) is 0.647. The van der Waals surface area contributed by atoms with Gasteiger partial charge >= 0.3 is 0 Å². The Bertz CT molecular complexity index is 483. The van der Waals surface area contributed by atoms with Crippen LogP contribution < -0.4 is 4.90 Å². The van der Waals surface area contributed by atoms with Crippen LogP contribution in [-0.4, -0.2) is 71.8 Å². The van der Waals surface area contributed by atoms with Gasteiger partial charge in [-0.25, -0.2) is 4.39 Å². The number of benzene rings is 1. The number of β-amino-alcohol motifs (C(OH)–C–C–N with tert-alkyl or cyclic N) is 1. The minimum Gasteiger partial charge on any atom is -0.395 e. The average Bonchev–Trinajstić information content (AvgIpc) is 3.06. The van der Waals surface area contributed by atoms with Gasteiger partial charge in [-0.1, -0.05) is 6.07 Å². The molecular weight excluding hydrogens is 299 g/mol. The first-order valence-corrected chi connectivity index (χ1v) is 8.19. The smallest absolute Gasteiger partial charge is 0.125 e. The van der Waals surface area contributed by atoms with E-state index in [0.29, 0.717) is 13.0 Å². The number of aliphatic hydroxyl groups is 3.